The lowest BCUT2D eigenvalue weighted by Gasteiger charge is -2.31. The van der Waals surface area contributed by atoms with E-state index in [9.17, 15) is 23.1 Å². The van der Waals surface area contributed by atoms with Crippen LogP contribution in [0.1, 0.15) is 51.5 Å². The maximum Gasteiger partial charge on any atom is 0.407 e. The second kappa shape index (κ2) is 15.4. The van der Waals surface area contributed by atoms with Crippen LogP contribution in [0.4, 0.5) is 10.5 Å². The number of anilines is 1. The van der Waals surface area contributed by atoms with Crippen LogP contribution in [0.3, 0.4) is 0 Å². The van der Waals surface area contributed by atoms with E-state index in [2.05, 4.69) is 10.6 Å². The van der Waals surface area contributed by atoms with Gasteiger partial charge in [0.05, 0.1) is 18.6 Å². The number of unbranched alkanes of at least 4 members (excludes halogenated alkanes) is 1. The predicted octanol–water partition coefficient (Wildman–Crippen LogP) is 3.09. The number of hydrogen-bond acceptors (Lipinski definition) is 7. The average molecular weight is 563 g/mol. The van der Waals surface area contributed by atoms with Crippen molar-refractivity contribution in [2.75, 3.05) is 32.5 Å². The molecule has 0 aromatic heterocycles. The molecule has 0 aliphatic carbocycles. The summed E-state index contributed by atoms with van der Waals surface area (Å²) in [5.74, 6) is -0.595. The zero-order chi connectivity index (χ0) is 29.0. The molecule has 0 heterocycles. The summed E-state index contributed by atoms with van der Waals surface area (Å²) >= 11 is 0. The Hall–Kier alpha value is -3.15. The number of benzene rings is 2. The van der Waals surface area contributed by atoms with Crippen molar-refractivity contribution >= 4 is 27.7 Å². The third-order valence-corrected chi connectivity index (χ3v) is 8.41. The number of sulfonamides is 1. The smallest absolute Gasteiger partial charge is 0.407 e. The molecule has 1 unspecified atom stereocenters. The Morgan fingerprint density at radius 1 is 1.03 bits per heavy atom. The van der Waals surface area contributed by atoms with Crippen molar-refractivity contribution in [1.29, 1.82) is 0 Å². The first-order chi connectivity index (χ1) is 18.5. The van der Waals surface area contributed by atoms with Crippen molar-refractivity contribution in [3.05, 3.63) is 60.2 Å². The topological polar surface area (TPSA) is 151 Å². The molecule has 5 N–H and O–H groups in total. The van der Waals surface area contributed by atoms with E-state index in [1.807, 2.05) is 51.1 Å². The molecule has 11 heteroatoms. The number of nitrogens with zero attached hydrogens (tertiary/aromatic N) is 1. The van der Waals surface area contributed by atoms with Crippen LogP contribution in [0.15, 0.2) is 59.5 Å². The minimum atomic E-state index is -3.85. The molecule has 0 fully saturated rings. The standard InChI is InChI=1S/C28H42N4O6S/c1-20(2)18-32(39(36,37)25-15-13-23(29)14-16-25)24(19-33)12-8-9-17-30-27(34)26(31-28(35)38-4)21(3)22-10-6-5-7-11-22/h5-7,10-11,13-16,20-21,24,26,33H,8-9,12,17-19,29H2,1-4H3,(H,30,34)(H,31,35)/t21?,24-,26-/m0/s1. The highest BCUT2D eigenvalue weighted by Gasteiger charge is 2.32. The van der Waals surface area contributed by atoms with Crippen LogP contribution in [0.2, 0.25) is 0 Å². The first-order valence-corrected chi connectivity index (χ1v) is 14.6. The Labute approximate surface area is 232 Å². The predicted molar refractivity (Wildman–Crippen MR) is 152 cm³/mol. The maximum absolute atomic E-state index is 13.4. The molecule has 2 aromatic carbocycles. The number of nitrogen functional groups attached to an aromatic ring is 1. The summed E-state index contributed by atoms with van der Waals surface area (Å²) in [5.41, 5.74) is 7.08. The molecule has 2 amide bonds. The number of rotatable bonds is 15. The lowest BCUT2D eigenvalue weighted by Crippen LogP contribution is -2.49. The molecular weight excluding hydrogens is 520 g/mol. The van der Waals surface area contributed by atoms with Crippen LogP contribution >= 0.6 is 0 Å². The highest BCUT2D eigenvalue weighted by Crippen LogP contribution is 2.23. The molecule has 0 spiro atoms. The van der Waals surface area contributed by atoms with Crippen LogP contribution in [-0.2, 0) is 19.6 Å². The number of nitrogens with one attached hydrogen (secondary N) is 2. The summed E-state index contributed by atoms with van der Waals surface area (Å²) in [6.07, 6.45) is 0.846. The Morgan fingerprint density at radius 2 is 1.67 bits per heavy atom. The Morgan fingerprint density at radius 3 is 2.23 bits per heavy atom. The number of hydrogen-bond donors (Lipinski definition) is 4. The number of carbonyl (C=O) groups excluding carboxylic acids is 2. The lowest BCUT2D eigenvalue weighted by molar-refractivity contribution is -0.123. The van der Waals surface area contributed by atoms with E-state index in [1.165, 1.54) is 35.7 Å². The molecule has 0 aliphatic heterocycles. The second-order valence-corrected chi connectivity index (χ2v) is 11.9. The fraction of sp³-hybridized carbons (Fsp3) is 0.500. The fourth-order valence-corrected chi connectivity index (χ4v) is 6.09. The van der Waals surface area contributed by atoms with Crippen molar-refractivity contribution in [3.63, 3.8) is 0 Å². The van der Waals surface area contributed by atoms with Gasteiger partial charge in [0, 0.05) is 30.7 Å². The highest BCUT2D eigenvalue weighted by molar-refractivity contribution is 7.89. The summed E-state index contributed by atoms with van der Waals surface area (Å²) in [4.78, 5) is 25.0. The number of ether oxygens (including phenoxy) is 1. The molecule has 10 nitrogen and oxygen atoms in total. The normalized spacial score (nSPS) is 14.0. The molecule has 39 heavy (non-hydrogen) atoms. The number of aliphatic hydroxyl groups is 1. The van der Waals surface area contributed by atoms with Gasteiger partial charge < -0.3 is 26.2 Å². The Kier molecular flexibility index (Phi) is 12.7. The minimum absolute atomic E-state index is 0.0488. The zero-order valence-electron chi connectivity index (χ0n) is 23.2. The van der Waals surface area contributed by atoms with E-state index in [4.69, 9.17) is 10.5 Å². The third-order valence-electron chi connectivity index (χ3n) is 6.48. The van der Waals surface area contributed by atoms with Crippen LogP contribution in [-0.4, -0.2) is 68.7 Å². The van der Waals surface area contributed by atoms with Crippen molar-refractivity contribution in [1.82, 2.24) is 14.9 Å². The van der Waals surface area contributed by atoms with Gasteiger partial charge in [-0.05, 0) is 48.6 Å². The molecule has 0 aliphatic rings. The second-order valence-electron chi connectivity index (χ2n) is 9.97. The van der Waals surface area contributed by atoms with E-state index in [0.29, 0.717) is 31.5 Å². The molecule has 3 atom stereocenters. The van der Waals surface area contributed by atoms with Gasteiger partial charge >= 0.3 is 6.09 Å². The van der Waals surface area contributed by atoms with Crippen molar-refractivity contribution in [3.8, 4) is 0 Å². The van der Waals surface area contributed by atoms with Gasteiger partial charge in [0.1, 0.15) is 6.04 Å². The number of nitrogens with two attached hydrogens (primary N) is 1. The van der Waals surface area contributed by atoms with Crippen molar-refractivity contribution in [2.24, 2.45) is 5.92 Å². The SMILES string of the molecule is COC(=O)N[C@H](C(=O)NCCCC[C@@H](CO)N(CC(C)C)S(=O)(=O)c1ccc(N)cc1)C(C)c1ccccc1. The van der Waals surface area contributed by atoms with E-state index in [1.54, 1.807) is 0 Å². The first-order valence-electron chi connectivity index (χ1n) is 13.2. The zero-order valence-corrected chi connectivity index (χ0v) is 24.0. The molecule has 0 radical (unpaired) electrons. The van der Waals surface area contributed by atoms with E-state index in [0.717, 1.165) is 5.56 Å². The quantitative estimate of drug-likeness (QED) is 0.192. The summed E-state index contributed by atoms with van der Waals surface area (Å²) in [6, 6.07) is 14.0. The third kappa shape index (κ3) is 9.52. The number of alkyl carbamates (subject to hydrolysis) is 1. The van der Waals surface area contributed by atoms with Gasteiger partial charge in [-0.1, -0.05) is 57.5 Å². The summed E-state index contributed by atoms with van der Waals surface area (Å²) in [6.45, 7) is 5.95. The van der Waals surface area contributed by atoms with Gasteiger partial charge in [0.25, 0.3) is 0 Å². The molecule has 0 saturated heterocycles. The molecule has 2 aromatic rings. The Bertz CT molecular complexity index is 1140. The average Bonchev–Trinajstić information content (AvgIpc) is 2.92. The highest BCUT2D eigenvalue weighted by atomic mass is 32.2. The van der Waals surface area contributed by atoms with E-state index < -0.39 is 28.2 Å². The van der Waals surface area contributed by atoms with Crippen molar-refractivity contribution < 1.29 is 27.9 Å². The van der Waals surface area contributed by atoms with E-state index >= 15 is 0 Å². The van der Waals surface area contributed by atoms with Gasteiger partial charge in [-0.25, -0.2) is 13.2 Å². The van der Waals surface area contributed by atoms with Gasteiger partial charge in [-0.3, -0.25) is 4.79 Å². The maximum atomic E-state index is 13.4. The van der Waals surface area contributed by atoms with Crippen LogP contribution < -0.4 is 16.4 Å². The monoisotopic (exact) mass is 562 g/mol. The van der Waals surface area contributed by atoms with Crippen LogP contribution in [0.5, 0.6) is 0 Å². The number of carbonyl (C=O) groups is 2. The fourth-order valence-electron chi connectivity index (χ4n) is 4.28. The molecule has 0 saturated carbocycles. The van der Waals surface area contributed by atoms with Gasteiger partial charge in [-0.15, -0.1) is 0 Å². The molecule has 0 bridgehead atoms. The molecule has 2 rings (SSSR count). The Balaban J connectivity index is 2.01. The number of methoxy groups -OCH3 is 1. The molecular formula is C28H42N4O6S. The summed E-state index contributed by atoms with van der Waals surface area (Å²) in [5, 5.41) is 15.6. The minimum Gasteiger partial charge on any atom is -0.453 e. The number of aliphatic hydroxyl groups excluding tert-OH is 1. The first kappa shape index (κ1) is 32.1. The van der Waals surface area contributed by atoms with Gasteiger partial charge in [-0.2, -0.15) is 4.31 Å². The summed E-state index contributed by atoms with van der Waals surface area (Å²) in [7, 11) is -2.60. The van der Waals surface area contributed by atoms with E-state index in [-0.39, 0.29) is 35.8 Å². The van der Waals surface area contributed by atoms with Gasteiger partial charge in [0.2, 0.25) is 15.9 Å². The van der Waals surface area contributed by atoms with Gasteiger partial charge in [0.15, 0.2) is 0 Å². The van der Waals surface area contributed by atoms with Crippen molar-refractivity contribution in [2.45, 2.75) is 62.9 Å². The largest absolute Gasteiger partial charge is 0.453 e. The van der Waals surface area contributed by atoms with Crippen LogP contribution in [0.25, 0.3) is 0 Å². The molecule has 216 valence electrons. The van der Waals surface area contributed by atoms with Crippen LogP contribution in [0, 0.1) is 5.92 Å². The lowest BCUT2D eigenvalue weighted by atomic mass is 9.92. The number of amides is 2. The summed E-state index contributed by atoms with van der Waals surface area (Å²) < 4.78 is 32.9.